The minimum absolute atomic E-state index is 0.219. The van der Waals surface area contributed by atoms with E-state index in [1.54, 1.807) is 12.1 Å². The van der Waals surface area contributed by atoms with Crippen molar-refractivity contribution in [1.29, 1.82) is 5.26 Å². The van der Waals surface area contributed by atoms with Crippen molar-refractivity contribution < 1.29 is 19.1 Å². The molecule has 0 bridgehead atoms. The number of hydrogen-bond donors (Lipinski definition) is 0. The third-order valence-corrected chi connectivity index (χ3v) is 2.19. The number of esters is 2. The number of carbonyl (C=O) groups excluding carboxylic acids is 2. The van der Waals surface area contributed by atoms with Crippen LogP contribution in [0.5, 0.6) is 0 Å². The number of rotatable bonds is 3. The zero-order valence-corrected chi connectivity index (χ0v) is 9.97. The molecule has 0 amide bonds. The Bertz CT molecular complexity index is 540. The summed E-state index contributed by atoms with van der Waals surface area (Å²) in [5, 5.41) is 8.77. The van der Waals surface area contributed by atoms with Gasteiger partial charge in [0.2, 0.25) is 0 Å². The van der Waals surface area contributed by atoms with Gasteiger partial charge in [-0.2, -0.15) is 5.26 Å². The van der Waals surface area contributed by atoms with E-state index >= 15 is 0 Å². The predicted octanol–water partition coefficient (Wildman–Crippen LogP) is 1.53. The Kier molecular flexibility index (Phi) is 4.64. The van der Waals surface area contributed by atoms with Gasteiger partial charge < -0.3 is 9.47 Å². The number of ether oxygens (including phenoxy) is 2. The SMILES string of the molecule is COC(=O)C=Cc1ccc(C#N)cc1C(=O)OC. The van der Waals surface area contributed by atoms with Crippen molar-refractivity contribution in [2.45, 2.75) is 0 Å². The van der Waals surface area contributed by atoms with Crippen LogP contribution >= 0.6 is 0 Å². The fraction of sp³-hybridized carbons (Fsp3) is 0.154. The van der Waals surface area contributed by atoms with Crippen LogP contribution in [0.15, 0.2) is 24.3 Å². The molecule has 0 unspecified atom stereocenters. The molecule has 18 heavy (non-hydrogen) atoms. The molecule has 0 atom stereocenters. The van der Waals surface area contributed by atoms with Crippen LogP contribution in [0.4, 0.5) is 0 Å². The first-order chi connectivity index (χ1) is 8.62. The average molecular weight is 245 g/mol. The summed E-state index contributed by atoms with van der Waals surface area (Å²) < 4.78 is 9.06. The molecule has 5 nitrogen and oxygen atoms in total. The Labute approximate surface area is 104 Å². The lowest BCUT2D eigenvalue weighted by Crippen LogP contribution is -2.04. The highest BCUT2D eigenvalue weighted by Gasteiger charge is 2.11. The molecule has 0 radical (unpaired) electrons. The number of nitriles is 1. The molecule has 0 aliphatic heterocycles. The van der Waals surface area contributed by atoms with E-state index in [1.165, 1.54) is 32.4 Å². The van der Waals surface area contributed by atoms with Crippen LogP contribution in [0.1, 0.15) is 21.5 Å². The van der Waals surface area contributed by atoms with Crippen LogP contribution in [-0.2, 0) is 14.3 Å². The van der Waals surface area contributed by atoms with Crippen LogP contribution < -0.4 is 0 Å². The normalized spacial score (nSPS) is 9.83. The molecule has 0 aliphatic rings. The summed E-state index contributed by atoms with van der Waals surface area (Å²) in [7, 11) is 2.50. The lowest BCUT2D eigenvalue weighted by Gasteiger charge is -2.04. The third-order valence-electron chi connectivity index (χ3n) is 2.19. The summed E-state index contributed by atoms with van der Waals surface area (Å²) in [6.07, 6.45) is 2.62. The minimum Gasteiger partial charge on any atom is -0.466 e. The van der Waals surface area contributed by atoms with E-state index in [9.17, 15) is 9.59 Å². The number of hydrogen-bond acceptors (Lipinski definition) is 5. The van der Waals surface area contributed by atoms with E-state index in [4.69, 9.17) is 5.26 Å². The Morgan fingerprint density at radius 3 is 2.56 bits per heavy atom. The molecule has 0 fully saturated rings. The molecule has 1 aromatic rings. The van der Waals surface area contributed by atoms with Crippen LogP contribution in [0.2, 0.25) is 0 Å². The summed E-state index contributed by atoms with van der Waals surface area (Å²) in [4.78, 5) is 22.5. The number of nitrogens with zero attached hydrogens (tertiary/aromatic N) is 1. The van der Waals surface area contributed by atoms with E-state index in [0.717, 1.165) is 0 Å². The van der Waals surface area contributed by atoms with Crippen molar-refractivity contribution in [1.82, 2.24) is 0 Å². The quantitative estimate of drug-likeness (QED) is 0.596. The van der Waals surface area contributed by atoms with Crippen molar-refractivity contribution in [3.8, 4) is 6.07 Å². The Morgan fingerprint density at radius 1 is 1.28 bits per heavy atom. The lowest BCUT2D eigenvalue weighted by molar-refractivity contribution is -0.134. The summed E-state index contributed by atoms with van der Waals surface area (Å²) >= 11 is 0. The van der Waals surface area contributed by atoms with Gasteiger partial charge in [-0.25, -0.2) is 9.59 Å². The van der Waals surface area contributed by atoms with E-state index in [-0.39, 0.29) is 5.56 Å². The van der Waals surface area contributed by atoms with Crippen molar-refractivity contribution in [2.24, 2.45) is 0 Å². The smallest absolute Gasteiger partial charge is 0.338 e. The van der Waals surface area contributed by atoms with Gasteiger partial charge in [0.05, 0.1) is 31.4 Å². The molecule has 0 heterocycles. The maximum Gasteiger partial charge on any atom is 0.338 e. The zero-order chi connectivity index (χ0) is 13.5. The summed E-state index contributed by atoms with van der Waals surface area (Å²) in [6, 6.07) is 6.44. The molecule has 0 N–H and O–H groups in total. The van der Waals surface area contributed by atoms with Gasteiger partial charge in [0.25, 0.3) is 0 Å². The fourth-order valence-electron chi connectivity index (χ4n) is 1.28. The van der Waals surface area contributed by atoms with Crippen molar-refractivity contribution in [3.63, 3.8) is 0 Å². The molecular formula is C13H11NO4. The fourth-order valence-corrected chi connectivity index (χ4v) is 1.28. The van der Waals surface area contributed by atoms with E-state index in [1.807, 2.05) is 6.07 Å². The molecule has 5 heteroatoms. The summed E-state index contributed by atoms with van der Waals surface area (Å²) in [6.45, 7) is 0. The second kappa shape index (κ2) is 6.21. The first kappa shape index (κ1) is 13.5. The maximum absolute atomic E-state index is 11.5. The van der Waals surface area contributed by atoms with Gasteiger partial charge in [0.1, 0.15) is 0 Å². The molecular weight excluding hydrogens is 234 g/mol. The largest absolute Gasteiger partial charge is 0.466 e. The van der Waals surface area contributed by atoms with E-state index in [2.05, 4.69) is 9.47 Å². The predicted molar refractivity (Wildman–Crippen MR) is 63.5 cm³/mol. The lowest BCUT2D eigenvalue weighted by atomic mass is 10.0. The highest BCUT2D eigenvalue weighted by atomic mass is 16.5. The first-order valence-electron chi connectivity index (χ1n) is 5.01. The molecule has 1 aromatic carbocycles. The standard InChI is InChI=1S/C13H11NO4/c1-17-12(15)6-5-10-4-3-9(8-14)7-11(10)13(16)18-2/h3-7H,1-2H3. The monoisotopic (exact) mass is 245 g/mol. The molecule has 0 saturated heterocycles. The van der Waals surface area contributed by atoms with Crippen molar-refractivity contribution in [2.75, 3.05) is 14.2 Å². The first-order valence-corrected chi connectivity index (χ1v) is 5.01. The van der Waals surface area contributed by atoms with Gasteiger partial charge in [-0.05, 0) is 23.8 Å². The Morgan fingerprint density at radius 2 is 2.00 bits per heavy atom. The Balaban J connectivity index is 3.19. The number of carbonyl (C=O) groups is 2. The zero-order valence-electron chi connectivity index (χ0n) is 9.97. The van der Waals surface area contributed by atoms with Crippen LogP contribution in [0.25, 0.3) is 6.08 Å². The second-order valence-electron chi connectivity index (χ2n) is 3.26. The molecule has 92 valence electrons. The van der Waals surface area contributed by atoms with Crippen LogP contribution in [0.3, 0.4) is 0 Å². The number of benzene rings is 1. The van der Waals surface area contributed by atoms with Crippen molar-refractivity contribution >= 4 is 18.0 Å². The third kappa shape index (κ3) is 3.19. The van der Waals surface area contributed by atoms with Gasteiger partial charge in [-0.3, -0.25) is 0 Å². The highest BCUT2D eigenvalue weighted by molar-refractivity contribution is 5.96. The van der Waals surface area contributed by atoms with Crippen molar-refractivity contribution in [3.05, 3.63) is 41.0 Å². The average Bonchev–Trinajstić information content (AvgIpc) is 2.43. The van der Waals surface area contributed by atoms with Gasteiger partial charge in [-0.15, -0.1) is 0 Å². The molecule has 0 aromatic heterocycles. The molecule has 0 saturated carbocycles. The highest BCUT2D eigenvalue weighted by Crippen LogP contribution is 2.15. The molecule has 0 aliphatic carbocycles. The van der Waals surface area contributed by atoms with Gasteiger partial charge in [0, 0.05) is 6.08 Å². The summed E-state index contributed by atoms with van der Waals surface area (Å²) in [5.41, 5.74) is 1.04. The van der Waals surface area contributed by atoms with E-state index in [0.29, 0.717) is 11.1 Å². The minimum atomic E-state index is -0.573. The van der Waals surface area contributed by atoms with Crippen LogP contribution in [-0.4, -0.2) is 26.2 Å². The topological polar surface area (TPSA) is 76.4 Å². The Hall–Kier alpha value is -2.61. The van der Waals surface area contributed by atoms with Crippen LogP contribution in [0, 0.1) is 11.3 Å². The molecule has 1 rings (SSSR count). The second-order valence-corrected chi connectivity index (χ2v) is 3.26. The van der Waals surface area contributed by atoms with E-state index < -0.39 is 11.9 Å². The molecule has 0 spiro atoms. The maximum atomic E-state index is 11.5. The number of methoxy groups -OCH3 is 2. The summed E-state index contributed by atoms with van der Waals surface area (Å²) in [5.74, 6) is -1.10. The van der Waals surface area contributed by atoms with Gasteiger partial charge in [0.15, 0.2) is 0 Å². The van der Waals surface area contributed by atoms with Gasteiger partial charge >= 0.3 is 11.9 Å². The van der Waals surface area contributed by atoms with Gasteiger partial charge in [-0.1, -0.05) is 6.07 Å².